The van der Waals surface area contributed by atoms with Crippen LogP contribution in [0.4, 0.5) is 4.79 Å². The van der Waals surface area contributed by atoms with E-state index in [4.69, 9.17) is 9.52 Å². The number of carboxylic acids is 1. The van der Waals surface area contributed by atoms with Crippen molar-refractivity contribution in [1.29, 1.82) is 0 Å². The number of benzene rings is 1. The van der Waals surface area contributed by atoms with Gasteiger partial charge in [-0.25, -0.2) is 9.78 Å². The van der Waals surface area contributed by atoms with Crippen molar-refractivity contribution in [2.24, 2.45) is 0 Å². The van der Waals surface area contributed by atoms with Crippen LogP contribution in [0.15, 0.2) is 40.9 Å². The predicted molar refractivity (Wildman–Crippen MR) is 92.1 cm³/mol. The maximum absolute atomic E-state index is 12.1. The molecule has 7 nitrogen and oxygen atoms in total. The number of carboxylic acid groups (broad SMARTS) is 1. The molecule has 7 heteroatoms. The van der Waals surface area contributed by atoms with E-state index in [0.717, 1.165) is 5.56 Å². The van der Waals surface area contributed by atoms with E-state index in [1.165, 1.54) is 0 Å². The maximum Gasteiger partial charge on any atom is 0.315 e. The number of urea groups is 1. The highest BCUT2D eigenvalue weighted by atomic mass is 16.4. The second-order valence-corrected chi connectivity index (χ2v) is 5.72. The first-order chi connectivity index (χ1) is 12.1. The van der Waals surface area contributed by atoms with Gasteiger partial charge in [-0.1, -0.05) is 37.3 Å². The first-order valence-electron chi connectivity index (χ1n) is 8.30. The van der Waals surface area contributed by atoms with Crippen molar-refractivity contribution in [2.75, 3.05) is 0 Å². The molecule has 0 bridgehead atoms. The molecule has 134 valence electrons. The van der Waals surface area contributed by atoms with Crippen LogP contribution in [0.2, 0.25) is 0 Å². The van der Waals surface area contributed by atoms with Crippen LogP contribution in [-0.4, -0.2) is 28.1 Å². The summed E-state index contributed by atoms with van der Waals surface area (Å²) >= 11 is 0. The number of aryl methyl sites for hydroxylation is 1. The minimum absolute atomic E-state index is 0.000254. The largest absolute Gasteiger partial charge is 0.481 e. The number of carbonyl (C=O) groups is 2. The van der Waals surface area contributed by atoms with Gasteiger partial charge in [-0.2, -0.15) is 0 Å². The molecule has 0 aliphatic heterocycles. The molecule has 2 amide bonds. The summed E-state index contributed by atoms with van der Waals surface area (Å²) < 4.78 is 5.43. The van der Waals surface area contributed by atoms with Crippen molar-refractivity contribution in [3.8, 4) is 0 Å². The van der Waals surface area contributed by atoms with Crippen LogP contribution in [0.1, 0.15) is 37.0 Å². The van der Waals surface area contributed by atoms with E-state index >= 15 is 0 Å². The number of aliphatic carboxylic acids is 1. The van der Waals surface area contributed by atoms with Gasteiger partial charge in [0, 0.05) is 18.9 Å². The van der Waals surface area contributed by atoms with E-state index < -0.39 is 5.97 Å². The van der Waals surface area contributed by atoms with Crippen LogP contribution in [0.25, 0.3) is 0 Å². The van der Waals surface area contributed by atoms with Crippen molar-refractivity contribution in [1.82, 2.24) is 15.6 Å². The zero-order valence-electron chi connectivity index (χ0n) is 14.2. The van der Waals surface area contributed by atoms with Crippen molar-refractivity contribution in [3.63, 3.8) is 0 Å². The summed E-state index contributed by atoms with van der Waals surface area (Å²) in [7, 11) is 0. The van der Waals surface area contributed by atoms with Crippen molar-refractivity contribution >= 4 is 12.0 Å². The fraction of sp³-hybridized carbons (Fsp3) is 0.389. The molecule has 2 aromatic rings. The Balaban J connectivity index is 1.87. The number of hydrogen-bond donors (Lipinski definition) is 3. The van der Waals surface area contributed by atoms with Gasteiger partial charge in [0.25, 0.3) is 0 Å². The molecular formula is C18H23N3O4. The number of amides is 2. The zero-order valence-corrected chi connectivity index (χ0v) is 14.2. The highest BCUT2D eigenvalue weighted by molar-refractivity contribution is 5.74. The third-order valence-electron chi connectivity index (χ3n) is 3.69. The van der Waals surface area contributed by atoms with Crippen molar-refractivity contribution in [2.45, 2.75) is 45.2 Å². The predicted octanol–water partition coefficient (Wildman–Crippen LogP) is 2.51. The molecule has 1 atom stereocenters. The quantitative estimate of drug-likeness (QED) is 0.648. The van der Waals surface area contributed by atoms with Gasteiger partial charge < -0.3 is 20.2 Å². The van der Waals surface area contributed by atoms with Crippen LogP contribution in [0, 0.1) is 0 Å². The zero-order chi connectivity index (χ0) is 18.1. The van der Waals surface area contributed by atoms with Crippen molar-refractivity contribution in [3.05, 3.63) is 53.7 Å². The van der Waals surface area contributed by atoms with Gasteiger partial charge in [-0.05, 0) is 18.4 Å². The van der Waals surface area contributed by atoms with E-state index in [1.54, 1.807) is 6.20 Å². The van der Waals surface area contributed by atoms with Crippen LogP contribution < -0.4 is 10.6 Å². The number of carbonyl (C=O) groups excluding carboxylic acids is 1. The summed E-state index contributed by atoms with van der Waals surface area (Å²) in [5.41, 5.74) is 1.04. The van der Waals surface area contributed by atoms with Crippen molar-refractivity contribution < 1.29 is 19.1 Å². The SMILES string of the molecule is CCc1ncc(CNC(=O)NC(CCC(=O)O)Cc2ccccc2)o1. The second-order valence-electron chi connectivity index (χ2n) is 5.72. The molecule has 1 aromatic heterocycles. The van der Waals surface area contributed by atoms with Gasteiger partial charge >= 0.3 is 12.0 Å². The van der Waals surface area contributed by atoms with Gasteiger partial charge in [-0.15, -0.1) is 0 Å². The molecule has 1 heterocycles. The summed E-state index contributed by atoms with van der Waals surface area (Å²) in [6.07, 6.45) is 3.22. The second kappa shape index (κ2) is 9.46. The Morgan fingerprint density at radius 2 is 2.04 bits per heavy atom. The highest BCUT2D eigenvalue weighted by Gasteiger charge is 2.15. The van der Waals surface area contributed by atoms with E-state index in [2.05, 4.69) is 15.6 Å². The average molecular weight is 345 g/mol. The third kappa shape index (κ3) is 6.66. The Hall–Kier alpha value is -2.83. The van der Waals surface area contributed by atoms with Crippen LogP contribution in [-0.2, 0) is 24.2 Å². The lowest BCUT2D eigenvalue weighted by Crippen LogP contribution is -2.43. The van der Waals surface area contributed by atoms with Gasteiger partial charge in [-0.3, -0.25) is 4.79 Å². The molecule has 2 rings (SSSR count). The summed E-state index contributed by atoms with van der Waals surface area (Å²) in [6.45, 7) is 2.17. The standard InChI is InChI=1S/C18H23N3O4/c1-2-16-19-11-15(25-16)12-20-18(24)21-14(8-9-17(22)23)10-13-6-4-3-5-7-13/h3-7,11,14H,2,8-10,12H2,1H3,(H,22,23)(H2,20,21,24). The van der Waals surface area contributed by atoms with Crippen LogP contribution >= 0.6 is 0 Å². The van der Waals surface area contributed by atoms with Gasteiger partial charge in [0.2, 0.25) is 0 Å². The fourth-order valence-electron chi connectivity index (χ4n) is 2.42. The Kier molecular flexibility index (Phi) is 7.00. The molecule has 1 unspecified atom stereocenters. The molecule has 1 aromatic carbocycles. The topological polar surface area (TPSA) is 104 Å². The first-order valence-corrected chi connectivity index (χ1v) is 8.30. The lowest BCUT2D eigenvalue weighted by molar-refractivity contribution is -0.137. The molecule has 0 aliphatic rings. The molecular weight excluding hydrogens is 322 g/mol. The Morgan fingerprint density at radius 1 is 1.28 bits per heavy atom. The molecule has 0 fully saturated rings. The number of rotatable bonds is 9. The normalized spacial score (nSPS) is 11.7. The van der Waals surface area contributed by atoms with E-state index in [-0.39, 0.29) is 25.0 Å². The number of nitrogens with zero attached hydrogens (tertiary/aromatic N) is 1. The van der Waals surface area contributed by atoms with E-state index in [9.17, 15) is 9.59 Å². The average Bonchev–Trinajstić information content (AvgIpc) is 3.07. The molecule has 3 N–H and O–H groups in total. The molecule has 0 aliphatic carbocycles. The first kappa shape index (κ1) is 18.5. The maximum atomic E-state index is 12.1. The summed E-state index contributed by atoms with van der Waals surface area (Å²) in [4.78, 5) is 27.0. The molecule has 0 radical (unpaired) electrons. The highest BCUT2D eigenvalue weighted by Crippen LogP contribution is 2.08. The Labute approximate surface area is 146 Å². The smallest absolute Gasteiger partial charge is 0.315 e. The number of nitrogens with one attached hydrogen (secondary N) is 2. The molecule has 25 heavy (non-hydrogen) atoms. The number of oxazole rings is 1. The lowest BCUT2D eigenvalue weighted by Gasteiger charge is -2.18. The monoisotopic (exact) mass is 345 g/mol. The van der Waals surface area contributed by atoms with Gasteiger partial charge in [0.1, 0.15) is 5.76 Å². The van der Waals surface area contributed by atoms with Crippen LogP contribution in [0.3, 0.4) is 0 Å². The fourth-order valence-corrected chi connectivity index (χ4v) is 2.42. The summed E-state index contributed by atoms with van der Waals surface area (Å²) in [5.74, 6) is 0.326. The molecule has 0 saturated heterocycles. The number of hydrogen-bond acceptors (Lipinski definition) is 4. The van der Waals surface area contributed by atoms with E-state index in [1.807, 2.05) is 37.3 Å². The minimum Gasteiger partial charge on any atom is -0.481 e. The van der Waals surface area contributed by atoms with Crippen LogP contribution in [0.5, 0.6) is 0 Å². The number of aromatic nitrogens is 1. The lowest BCUT2D eigenvalue weighted by atomic mass is 10.0. The molecule has 0 spiro atoms. The minimum atomic E-state index is -0.881. The van der Waals surface area contributed by atoms with E-state index in [0.29, 0.717) is 30.9 Å². The van der Waals surface area contributed by atoms with Gasteiger partial charge in [0.05, 0.1) is 12.7 Å². The summed E-state index contributed by atoms with van der Waals surface area (Å²) in [5, 5.41) is 14.4. The molecule has 0 saturated carbocycles. The summed E-state index contributed by atoms with van der Waals surface area (Å²) in [6, 6.07) is 9.03. The van der Waals surface area contributed by atoms with Gasteiger partial charge in [0.15, 0.2) is 5.89 Å². The third-order valence-corrected chi connectivity index (χ3v) is 3.69. The Bertz CT molecular complexity index is 685. The Morgan fingerprint density at radius 3 is 2.68 bits per heavy atom.